The van der Waals surface area contributed by atoms with Crippen molar-refractivity contribution in [1.82, 2.24) is 0 Å². The Morgan fingerprint density at radius 2 is 2.00 bits per heavy atom. The Morgan fingerprint density at radius 1 is 1.17 bits per heavy atom. The fourth-order valence-corrected chi connectivity index (χ4v) is 4.20. The molecular formula is C14H20O4. The van der Waals surface area contributed by atoms with E-state index < -0.39 is 6.16 Å². The number of hydrogen-bond acceptors (Lipinski definition) is 4. The predicted molar refractivity (Wildman–Crippen MR) is 63.2 cm³/mol. The second-order valence-electron chi connectivity index (χ2n) is 6.34. The number of fused-ring (bicyclic) bond motifs is 3. The second kappa shape index (κ2) is 3.86. The topological polar surface area (TPSA) is 48.1 Å². The molecule has 2 aliphatic heterocycles. The van der Waals surface area contributed by atoms with Crippen LogP contribution in [0.2, 0.25) is 0 Å². The molecule has 4 unspecified atom stereocenters. The van der Waals surface area contributed by atoms with Gasteiger partial charge in [0, 0.05) is 0 Å². The molecule has 2 saturated carbocycles. The van der Waals surface area contributed by atoms with Crippen LogP contribution in [0.5, 0.6) is 0 Å². The average molecular weight is 252 g/mol. The van der Waals surface area contributed by atoms with E-state index >= 15 is 0 Å². The third-order valence-corrected chi connectivity index (χ3v) is 5.16. The van der Waals surface area contributed by atoms with Crippen molar-refractivity contribution in [2.45, 2.75) is 75.3 Å². The zero-order chi connectivity index (χ0) is 12.2. The summed E-state index contributed by atoms with van der Waals surface area (Å²) in [6.07, 6.45) is 9.31. The van der Waals surface area contributed by atoms with E-state index in [4.69, 9.17) is 14.2 Å². The monoisotopic (exact) mass is 252 g/mol. The summed E-state index contributed by atoms with van der Waals surface area (Å²) in [6.45, 7) is 0. The molecule has 0 bridgehead atoms. The molecule has 0 aromatic heterocycles. The number of hydrogen-bond donors (Lipinski definition) is 0. The van der Waals surface area contributed by atoms with Crippen LogP contribution in [0, 0.1) is 5.92 Å². The molecule has 4 aliphatic rings. The Hall–Kier alpha value is -0.770. The van der Waals surface area contributed by atoms with Crippen LogP contribution < -0.4 is 0 Å². The van der Waals surface area contributed by atoms with Crippen molar-refractivity contribution in [2.24, 2.45) is 5.92 Å². The van der Waals surface area contributed by atoms with Gasteiger partial charge in [0.15, 0.2) is 11.7 Å². The van der Waals surface area contributed by atoms with Gasteiger partial charge in [0.25, 0.3) is 0 Å². The SMILES string of the molecule is O=C1OC2C3OC3CCC2(CC2CCCCC2)O1. The van der Waals surface area contributed by atoms with Gasteiger partial charge >= 0.3 is 6.16 Å². The summed E-state index contributed by atoms with van der Waals surface area (Å²) in [7, 11) is 0. The normalized spacial score (nSPS) is 46.9. The molecule has 4 fully saturated rings. The van der Waals surface area contributed by atoms with Gasteiger partial charge in [0.1, 0.15) is 6.10 Å². The Kier molecular flexibility index (Phi) is 2.38. The van der Waals surface area contributed by atoms with Crippen molar-refractivity contribution in [3.8, 4) is 0 Å². The molecule has 0 aromatic carbocycles. The molecule has 100 valence electrons. The van der Waals surface area contributed by atoms with Gasteiger partial charge in [-0.3, -0.25) is 0 Å². The Balaban J connectivity index is 1.53. The summed E-state index contributed by atoms with van der Waals surface area (Å²) < 4.78 is 16.6. The molecule has 4 rings (SSSR count). The van der Waals surface area contributed by atoms with E-state index in [2.05, 4.69) is 0 Å². The maximum atomic E-state index is 11.5. The first-order chi connectivity index (χ1) is 8.77. The number of rotatable bonds is 2. The van der Waals surface area contributed by atoms with Crippen molar-refractivity contribution in [2.75, 3.05) is 0 Å². The third kappa shape index (κ3) is 1.65. The molecule has 18 heavy (non-hydrogen) atoms. The quantitative estimate of drug-likeness (QED) is 0.560. The summed E-state index contributed by atoms with van der Waals surface area (Å²) in [5, 5.41) is 0. The lowest BCUT2D eigenvalue weighted by Gasteiger charge is -2.36. The molecule has 4 nitrogen and oxygen atoms in total. The highest BCUT2D eigenvalue weighted by Gasteiger charge is 2.65. The molecule has 0 radical (unpaired) electrons. The second-order valence-corrected chi connectivity index (χ2v) is 6.34. The summed E-state index contributed by atoms with van der Waals surface area (Å²) in [5.41, 5.74) is -0.364. The van der Waals surface area contributed by atoms with Crippen molar-refractivity contribution in [1.29, 1.82) is 0 Å². The first-order valence-electron chi connectivity index (χ1n) is 7.32. The maximum absolute atomic E-state index is 11.5. The van der Waals surface area contributed by atoms with Crippen LogP contribution in [0.3, 0.4) is 0 Å². The van der Waals surface area contributed by atoms with Crippen molar-refractivity contribution in [3.05, 3.63) is 0 Å². The molecule has 0 spiro atoms. The van der Waals surface area contributed by atoms with Gasteiger partial charge in [-0.15, -0.1) is 0 Å². The fraction of sp³-hybridized carbons (Fsp3) is 0.929. The predicted octanol–water partition coefficient (Wildman–Crippen LogP) is 2.79. The molecule has 0 aromatic rings. The van der Waals surface area contributed by atoms with Crippen LogP contribution in [0.1, 0.15) is 51.4 Å². The Morgan fingerprint density at radius 3 is 2.83 bits per heavy atom. The van der Waals surface area contributed by atoms with Crippen LogP contribution in [0.4, 0.5) is 4.79 Å². The molecule has 0 amide bonds. The first kappa shape index (κ1) is 11.1. The highest BCUT2D eigenvalue weighted by atomic mass is 16.8. The highest BCUT2D eigenvalue weighted by Crippen LogP contribution is 2.51. The summed E-state index contributed by atoms with van der Waals surface area (Å²) in [6, 6.07) is 0. The molecule has 4 heteroatoms. The van der Waals surface area contributed by atoms with Crippen LogP contribution in [-0.4, -0.2) is 30.1 Å². The van der Waals surface area contributed by atoms with E-state index in [9.17, 15) is 4.79 Å². The summed E-state index contributed by atoms with van der Waals surface area (Å²) >= 11 is 0. The Labute approximate surface area is 107 Å². The van der Waals surface area contributed by atoms with E-state index in [0.29, 0.717) is 12.0 Å². The third-order valence-electron chi connectivity index (χ3n) is 5.16. The zero-order valence-electron chi connectivity index (χ0n) is 10.6. The van der Waals surface area contributed by atoms with E-state index in [1.54, 1.807) is 0 Å². The minimum absolute atomic E-state index is 0.119. The van der Waals surface area contributed by atoms with Crippen LogP contribution in [0.15, 0.2) is 0 Å². The van der Waals surface area contributed by atoms with Gasteiger partial charge in [-0.2, -0.15) is 0 Å². The average Bonchev–Trinajstić information content (AvgIpc) is 3.07. The van der Waals surface area contributed by atoms with Gasteiger partial charge in [0.05, 0.1) is 6.10 Å². The molecule has 4 atom stereocenters. The molecule has 2 saturated heterocycles. The molecular weight excluding hydrogens is 232 g/mol. The van der Waals surface area contributed by atoms with Crippen molar-refractivity contribution < 1.29 is 19.0 Å². The smallest absolute Gasteiger partial charge is 0.424 e. The van der Waals surface area contributed by atoms with Crippen LogP contribution in [0.25, 0.3) is 0 Å². The van der Waals surface area contributed by atoms with E-state index in [1.165, 1.54) is 32.1 Å². The van der Waals surface area contributed by atoms with Gasteiger partial charge in [0.2, 0.25) is 0 Å². The van der Waals surface area contributed by atoms with Gasteiger partial charge < -0.3 is 14.2 Å². The number of carbonyl (C=O) groups excluding carboxylic acids is 1. The van der Waals surface area contributed by atoms with E-state index in [1.807, 2.05) is 0 Å². The van der Waals surface area contributed by atoms with Crippen LogP contribution >= 0.6 is 0 Å². The van der Waals surface area contributed by atoms with E-state index in [-0.39, 0.29) is 17.8 Å². The fourth-order valence-electron chi connectivity index (χ4n) is 4.20. The van der Waals surface area contributed by atoms with E-state index in [0.717, 1.165) is 19.3 Å². The Bertz CT molecular complexity index is 363. The van der Waals surface area contributed by atoms with Crippen LogP contribution in [-0.2, 0) is 14.2 Å². The largest absolute Gasteiger partial charge is 0.509 e. The highest BCUT2D eigenvalue weighted by molar-refractivity contribution is 5.64. The molecule has 2 heterocycles. The number of epoxide rings is 1. The van der Waals surface area contributed by atoms with Gasteiger partial charge in [-0.1, -0.05) is 32.1 Å². The number of ether oxygens (including phenoxy) is 3. The summed E-state index contributed by atoms with van der Waals surface area (Å²) in [5.74, 6) is 0.700. The zero-order valence-corrected chi connectivity index (χ0v) is 10.6. The van der Waals surface area contributed by atoms with Gasteiger partial charge in [-0.05, 0) is 25.2 Å². The van der Waals surface area contributed by atoms with Gasteiger partial charge in [-0.25, -0.2) is 4.79 Å². The standard InChI is InChI=1S/C14H20O4/c15-13-17-12-11-10(16-11)6-7-14(12,18-13)8-9-4-2-1-3-5-9/h9-12H,1-8H2. The lowest BCUT2D eigenvalue weighted by atomic mass is 9.73. The molecule has 2 aliphatic carbocycles. The van der Waals surface area contributed by atoms with Crippen molar-refractivity contribution in [3.63, 3.8) is 0 Å². The minimum Gasteiger partial charge on any atom is -0.424 e. The first-order valence-corrected chi connectivity index (χ1v) is 7.32. The molecule has 0 N–H and O–H groups in total. The lowest BCUT2D eigenvalue weighted by molar-refractivity contribution is -0.0207. The number of carbonyl (C=O) groups is 1. The lowest BCUT2D eigenvalue weighted by Crippen LogP contribution is -2.48. The maximum Gasteiger partial charge on any atom is 0.509 e. The van der Waals surface area contributed by atoms with Crippen molar-refractivity contribution >= 4 is 6.16 Å². The minimum atomic E-state index is -0.480. The summed E-state index contributed by atoms with van der Waals surface area (Å²) in [4.78, 5) is 11.5.